The molecule has 0 bridgehead atoms. The van der Waals surface area contributed by atoms with Crippen molar-refractivity contribution in [2.75, 3.05) is 19.8 Å². The van der Waals surface area contributed by atoms with Gasteiger partial charge in [0.15, 0.2) is 0 Å². The number of aromatic nitrogens is 1. The molecule has 0 unspecified atom stereocenters. The zero-order chi connectivity index (χ0) is 13.3. The molecule has 1 fully saturated rings. The van der Waals surface area contributed by atoms with E-state index in [4.69, 9.17) is 9.47 Å². The van der Waals surface area contributed by atoms with Crippen molar-refractivity contribution in [2.24, 2.45) is 0 Å². The Morgan fingerprint density at radius 3 is 3.00 bits per heavy atom. The molecule has 0 saturated heterocycles. The second-order valence-electron chi connectivity index (χ2n) is 4.94. The fraction of sp³-hybridized carbons (Fsp3) is 0.667. The number of hydrogen-bond acceptors (Lipinski definition) is 4. The highest BCUT2D eigenvalue weighted by Crippen LogP contribution is 2.21. The van der Waals surface area contributed by atoms with Gasteiger partial charge in [-0.15, -0.1) is 0 Å². The number of rotatable bonds is 10. The minimum absolute atomic E-state index is 0.567. The van der Waals surface area contributed by atoms with Crippen LogP contribution < -0.4 is 10.1 Å². The molecular weight excluding hydrogens is 240 g/mol. The van der Waals surface area contributed by atoms with Crippen molar-refractivity contribution in [1.29, 1.82) is 0 Å². The highest BCUT2D eigenvalue weighted by atomic mass is 16.5. The van der Waals surface area contributed by atoms with Crippen LogP contribution in [0.1, 0.15) is 38.2 Å². The van der Waals surface area contributed by atoms with Gasteiger partial charge in [-0.1, -0.05) is 19.4 Å². The molecule has 4 heteroatoms. The molecule has 0 amide bonds. The molecule has 2 rings (SSSR count). The Hall–Kier alpha value is -1.13. The van der Waals surface area contributed by atoms with E-state index >= 15 is 0 Å². The largest absolute Gasteiger partial charge is 0.475 e. The Balaban J connectivity index is 1.68. The third kappa shape index (κ3) is 5.57. The van der Waals surface area contributed by atoms with E-state index in [2.05, 4.69) is 23.3 Å². The third-order valence-corrected chi connectivity index (χ3v) is 3.12. The van der Waals surface area contributed by atoms with Crippen LogP contribution in [0.25, 0.3) is 0 Å². The van der Waals surface area contributed by atoms with Crippen molar-refractivity contribution in [3.8, 4) is 5.88 Å². The van der Waals surface area contributed by atoms with Crippen LogP contribution in [-0.4, -0.2) is 30.8 Å². The fourth-order valence-electron chi connectivity index (χ4n) is 1.78. The maximum absolute atomic E-state index is 5.69. The van der Waals surface area contributed by atoms with Crippen LogP contribution in [0.15, 0.2) is 18.3 Å². The first-order valence-electron chi connectivity index (χ1n) is 7.28. The number of unbranched alkanes of at least 4 members (excludes halogenated alkanes) is 1. The maximum atomic E-state index is 5.69. The summed E-state index contributed by atoms with van der Waals surface area (Å²) in [5.41, 5.74) is 1.13. The minimum atomic E-state index is 0.567. The normalized spacial score (nSPS) is 14.6. The van der Waals surface area contributed by atoms with E-state index in [1.807, 2.05) is 6.07 Å². The minimum Gasteiger partial charge on any atom is -0.475 e. The van der Waals surface area contributed by atoms with Gasteiger partial charge >= 0.3 is 0 Å². The first kappa shape index (κ1) is 14.3. The van der Waals surface area contributed by atoms with Gasteiger partial charge in [0.2, 0.25) is 5.88 Å². The van der Waals surface area contributed by atoms with Gasteiger partial charge in [0.25, 0.3) is 0 Å². The highest BCUT2D eigenvalue weighted by molar-refractivity contribution is 5.25. The van der Waals surface area contributed by atoms with Crippen molar-refractivity contribution >= 4 is 0 Å². The van der Waals surface area contributed by atoms with Crippen LogP contribution in [-0.2, 0) is 11.3 Å². The number of pyridine rings is 1. The first-order chi connectivity index (χ1) is 9.40. The first-order valence-corrected chi connectivity index (χ1v) is 7.28. The van der Waals surface area contributed by atoms with Crippen LogP contribution in [0, 0.1) is 0 Å². The summed E-state index contributed by atoms with van der Waals surface area (Å²) >= 11 is 0. The van der Waals surface area contributed by atoms with Crippen molar-refractivity contribution in [3.63, 3.8) is 0 Å². The molecule has 0 atom stereocenters. The van der Waals surface area contributed by atoms with Crippen LogP contribution in [0.3, 0.4) is 0 Å². The van der Waals surface area contributed by atoms with Gasteiger partial charge in [0.1, 0.15) is 6.61 Å². The van der Waals surface area contributed by atoms with E-state index in [9.17, 15) is 0 Å². The van der Waals surface area contributed by atoms with E-state index in [1.54, 1.807) is 6.20 Å². The van der Waals surface area contributed by atoms with Crippen LogP contribution in [0.5, 0.6) is 5.88 Å². The van der Waals surface area contributed by atoms with E-state index < -0.39 is 0 Å². The number of hydrogen-bond donors (Lipinski definition) is 1. The van der Waals surface area contributed by atoms with Crippen molar-refractivity contribution in [3.05, 3.63) is 23.9 Å². The predicted octanol–water partition coefficient (Wildman–Crippen LogP) is 2.53. The number of nitrogens with zero attached hydrogens (tertiary/aromatic N) is 1. The highest BCUT2D eigenvalue weighted by Gasteiger charge is 2.20. The van der Waals surface area contributed by atoms with Gasteiger partial charge in [-0.05, 0) is 25.3 Å². The molecule has 106 valence electrons. The predicted molar refractivity (Wildman–Crippen MR) is 75.3 cm³/mol. The zero-order valence-electron chi connectivity index (χ0n) is 11.7. The Morgan fingerprint density at radius 2 is 2.21 bits per heavy atom. The molecule has 1 N–H and O–H groups in total. The monoisotopic (exact) mass is 264 g/mol. The van der Waals surface area contributed by atoms with Crippen LogP contribution >= 0.6 is 0 Å². The van der Waals surface area contributed by atoms with Crippen LogP contribution in [0.2, 0.25) is 0 Å². The third-order valence-electron chi connectivity index (χ3n) is 3.12. The number of nitrogens with one attached hydrogen (secondary N) is 1. The molecule has 0 aromatic carbocycles. The Kier molecular flexibility index (Phi) is 6.11. The lowest BCUT2D eigenvalue weighted by atomic mass is 10.2. The molecule has 0 spiro atoms. The summed E-state index contributed by atoms with van der Waals surface area (Å²) in [6.45, 7) is 5.01. The van der Waals surface area contributed by atoms with Gasteiger partial charge in [-0.3, -0.25) is 0 Å². The molecule has 1 aliphatic carbocycles. The topological polar surface area (TPSA) is 43.4 Å². The molecule has 1 aliphatic rings. The summed E-state index contributed by atoms with van der Waals surface area (Å²) in [5.74, 6) is 0.731. The summed E-state index contributed by atoms with van der Waals surface area (Å²) in [7, 11) is 0. The SMILES string of the molecule is CCCCOCCOc1ncccc1CNC1CC1. The van der Waals surface area contributed by atoms with Gasteiger partial charge in [-0.25, -0.2) is 4.98 Å². The lowest BCUT2D eigenvalue weighted by Crippen LogP contribution is -2.17. The van der Waals surface area contributed by atoms with Crippen molar-refractivity contribution < 1.29 is 9.47 Å². The lowest BCUT2D eigenvalue weighted by Gasteiger charge is -2.11. The summed E-state index contributed by atoms with van der Waals surface area (Å²) < 4.78 is 11.2. The maximum Gasteiger partial charge on any atom is 0.217 e. The van der Waals surface area contributed by atoms with Gasteiger partial charge in [0.05, 0.1) is 6.61 Å². The van der Waals surface area contributed by atoms with E-state index in [1.165, 1.54) is 12.8 Å². The molecule has 19 heavy (non-hydrogen) atoms. The standard InChI is InChI=1S/C15H24N2O2/c1-2-3-9-18-10-11-19-15-13(5-4-8-16-15)12-17-14-6-7-14/h4-5,8,14,17H,2-3,6-7,9-12H2,1H3. The van der Waals surface area contributed by atoms with E-state index in [0.717, 1.165) is 37.4 Å². The summed E-state index contributed by atoms with van der Waals surface area (Å²) in [4.78, 5) is 4.29. The van der Waals surface area contributed by atoms with E-state index in [-0.39, 0.29) is 0 Å². The Morgan fingerprint density at radius 1 is 1.32 bits per heavy atom. The van der Waals surface area contributed by atoms with Crippen molar-refractivity contribution in [1.82, 2.24) is 10.3 Å². The van der Waals surface area contributed by atoms with Gasteiger partial charge in [-0.2, -0.15) is 0 Å². The quantitative estimate of drug-likeness (QED) is 0.659. The molecule has 1 heterocycles. The van der Waals surface area contributed by atoms with Gasteiger partial charge in [0, 0.05) is 31.0 Å². The molecule has 1 saturated carbocycles. The molecular formula is C15H24N2O2. The average Bonchev–Trinajstić information content (AvgIpc) is 3.25. The van der Waals surface area contributed by atoms with Crippen molar-refractivity contribution in [2.45, 2.75) is 45.2 Å². The lowest BCUT2D eigenvalue weighted by molar-refractivity contribution is 0.0961. The molecule has 0 radical (unpaired) electrons. The molecule has 1 aromatic heterocycles. The summed E-state index contributed by atoms with van der Waals surface area (Å²) in [6.07, 6.45) is 6.63. The summed E-state index contributed by atoms with van der Waals surface area (Å²) in [5, 5.41) is 3.48. The second-order valence-corrected chi connectivity index (χ2v) is 4.94. The molecule has 1 aromatic rings. The van der Waals surface area contributed by atoms with Crippen LogP contribution in [0.4, 0.5) is 0 Å². The zero-order valence-corrected chi connectivity index (χ0v) is 11.7. The Bertz CT molecular complexity index is 367. The fourth-order valence-corrected chi connectivity index (χ4v) is 1.78. The Labute approximate surface area is 115 Å². The number of ether oxygens (including phenoxy) is 2. The van der Waals surface area contributed by atoms with Gasteiger partial charge < -0.3 is 14.8 Å². The second kappa shape index (κ2) is 8.12. The molecule has 0 aliphatic heterocycles. The summed E-state index contributed by atoms with van der Waals surface area (Å²) in [6, 6.07) is 4.72. The van der Waals surface area contributed by atoms with E-state index in [0.29, 0.717) is 19.3 Å². The average molecular weight is 264 g/mol. The smallest absolute Gasteiger partial charge is 0.217 e. The molecule has 4 nitrogen and oxygen atoms in total.